The fraction of sp³-hybridized carbons (Fsp3) is 0.227. The van der Waals surface area contributed by atoms with Gasteiger partial charge in [0.25, 0.3) is 5.56 Å². The Labute approximate surface area is 167 Å². The summed E-state index contributed by atoms with van der Waals surface area (Å²) in [6.45, 7) is 3.12. The van der Waals surface area contributed by atoms with Crippen molar-refractivity contribution < 1.29 is 19.7 Å². The number of hydrogen-bond acceptors (Lipinski definition) is 6. The number of aryl methyl sites for hydroxylation is 1. The monoisotopic (exact) mass is 394 g/mol. The number of hydrogen-bond donors (Lipinski definition) is 2. The van der Waals surface area contributed by atoms with Gasteiger partial charge in [-0.2, -0.15) is 0 Å². The minimum Gasteiger partial charge on any atom is -0.501 e. The molecule has 0 aliphatic heterocycles. The standard InChI is InChI=1S/C22H22N2O5/c1-3-29-22(28)19-20(26)21(27)24(14(2)23-19)13-18(25)17-11-9-16(10-12-17)15-7-5-4-6-8-15/h4-12,18,25-26H,3,13H2,1-2H3. The molecular formula is C22H22N2O5. The Kier molecular flexibility index (Phi) is 6.09. The maximum absolute atomic E-state index is 12.5. The van der Waals surface area contributed by atoms with Gasteiger partial charge in [0.2, 0.25) is 5.75 Å². The average Bonchev–Trinajstić information content (AvgIpc) is 2.74. The first-order valence-corrected chi connectivity index (χ1v) is 9.23. The van der Waals surface area contributed by atoms with E-state index in [9.17, 15) is 19.8 Å². The summed E-state index contributed by atoms with van der Waals surface area (Å²) in [5.74, 6) is -1.47. The highest BCUT2D eigenvalue weighted by Gasteiger charge is 2.22. The number of carbonyl (C=O) groups excluding carboxylic acids is 1. The Morgan fingerprint density at radius 2 is 1.72 bits per heavy atom. The Hall–Kier alpha value is -3.45. The largest absolute Gasteiger partial charge is 0.501 e. The summed E-state index contributed by atoms with van der Waals surface area (Å²) in [5.41, 5.74) is 1.45. The average molecular weight is 394 g/mol. The lowest BCUT2D eigenvalue weighted by molar-refractivity contribution is 0.0514. The molecule has 29 heavy (non-hydrogen) atoms. The molecule has 0 fully saturated rings. The zero-order chi connectivity index (χ0) is 21.0. The van der Waals surface area contributed by atoms with Gasteiger partial charge in [-0.3, -0.25) is 9.36 Å². The second kappa shape index (κ2) is 8.70. The Morgan fingerprint density at radius 1 is 1.10 bits per heavy atom. The van der Waals surface area contributed by atoms with Gasteiger partial charge in [0.05, 0.1) is 19.3 Å². The summed E-state index contributed by atoms with van der Waals surface area (Å²) < 4.78 is 5.93. The lowest BCUT2D eigenvalue weighted by Crippen LogP contribution is -2.28. The van der Waals surface area contributed by atoms with Gasteiger partial charge in [-0.1, -0.05) is 54.6 Å². The summed E-state index contributed by atoms with van der Waals surface area (Å²) in [5, 5.41) is 20.6. The maximum atomic E-state index is 12.5. The summed E-state index contributed by atoms with van der Waals surface area (Å²) in [4.78, 5) is 28.3. The molecule has 3 aromatic rings. The predicted octanol–water partition coefficient (Wildman–Crippen LogP) is 2.83. The number of aromatic nitrogens is 2. The van der Waals surface area contributed by atoms with Crippen molar-refractivity contribution in [3.63, 3.8) is 0 Å². The SMILES string of the molecule is CCOC(=O)c1nc(C)n(CC(O)c2ccc(-c3ccccc3)cc2)c(=O)c1O. The second-order valence-corrected chi connectivity index (χ2v) is 6.50. The maximum Gasteiger partial charge on any atom is 0.361 e. The van der Waals surface area contributed by atoms with Gasteiger partial charge in [0.15, 0.2) is 5.69 Å². The van der Waals surface area contributed by atoms with Crippen LogP contribution in [0.15, 0.2) is 59.4 Å². The fourth-order valence-corrected chi connectivity index (χ4v) is 3.01. The van der Waals surface area contributed by atoms with E-state index in [1.54, 1.807) is 19.1 Å². The van der Waals surface area contributed by atoms with Gasteiger partial charge in [-0.15, -0.1) is 0 Å². The van der Waals surface area contributed by atoms with Gasteiger partial charge >= 0.3 is 5.97 Å². The third-order valence-electron chi connectivity index (χ3n) is 4.56. The van der Waals surface area contributed by atoms with E-state index in [1.807, 2.05) is 42.5 Å². The van der Waals surface area contributed by atoms with E-state index >= 15 is 0 Å². The van der Waals surface area contributed by atoms with Crippen LogP contribution in [0.5, 0.6) is 5.75 Å². The van der Waals surface area contributed by atoms with Crippen molar-refractivity contribution >= 4 is 5.97 Å². The number of ether oxygens (including phenoxy) is 1. The predicted molar refractivity (Wildman–Crippen MR) is 108 cm³/mol. The van der Waals surface area contributed by atoms with Crippen LogP contribution in [-0.4, -0.2) is 32.3 Å². The molecule has 0 radical (unpaired) electrons. The van der Waals surface area contributed by atoms with E-state index in [-0.39, 0.29) is 19.0 Å². The molecule has 1 aromatic heterocycles. The topological polar surface area (TPSA) is 102 Å². The molecule has 0 aliphatic carbocycles. The number of aromatic hydroxyl groups is 1. The van der Waals surface area contributed by atoms with Crippen LogP contribution >= 0.6 is 0 Å². The van der Waals surface area contributed by atoms with Crippen molar-refractivity contribution in [3.05, 3.63) is 82.0 Å². The highest BCUT2D eigenvalue weighted by atomic mass is 16.5. The van der Waals surface area contributed by atoms with Crippen LogP contribution in [0.4, 0.5) is 0 Å². The first-order chi connectivity index (χ1) is 13.9. The number of esters is 1. The highest BCUT2D eigenvalue weighted by Crippen LogP contribution is 2.23. The fourth-order valence-electron chi connectivity index (χ4n) is 3.01. The van der Waals surface area contributed by atoms with Crippen LogP contribution in [0.25, 0.3) is 11.1 Å². The van der Waals surface area contributed by atoms with Gasteiger partial charge in [0.1, 0.15) is 5.82 Å². The van der Waals surface area contributed by atoms with Gasteiger partial charge in [-0.25, -0.2) is 9.78 Å². The van der Waals surface area contributed by atoms with Crippen LogP contribution in [0, 0.1) is 6.92 Å². The van der Waals surface area contributed by atoms with Crippen molar-refractivity contribution in [2.45, 2.75) is 26.5 Å². The summed E-state index contributed by atoms with van der Waals surface area (Å²) in [6, 6.07) is 17.2. The van der Waals surface area contributed by atoms with Crippen LogP contribution in [0.3, 0.4) is 0 Å². The second-order valence-electron chi connectivity index (χ2n) is 6.50. The Morgan fingerprint density at radius 3 is 2.34 bits per heavy atom. The first-order valence-electron chi connectivity index (χ1n) is 9.23. The highest BCUT2D eigenvalue weighted by molar-refractivity contribution is 5.89. The van der Waals surface area contributed by atoms with Crippen molar-refractivity contribution in [2.24, 2.45) is 0 Å². The van der Waals surface area contributed by atoms with E-state index < -0.39 is 29.1 Å². The van der Waals surface area contributed by atoms with E-state index in [2.05, 4.69) is 4.98 Å². The number of rotatable bonds is 6. The van der Waals surface area contributed by atoms with E-state index in [4.69, 9.17) is 4.74 Å². The summed E-state index contributed by atoms with van der Waals surface area (Å²) >= 11 is 0. The minimum atomic E-state index is -0.995. The lowest BCUT2D eigenvalue weighted by atomic mass is 10.0. The molecule has 1 atom stereocenters. The molecule has 0 saturated carbocycles. The minimum absolute atomic E-state index is 0.0970. The normalized spacial score (nSPS) is 11.8. The van der Waals surface area contributed by atoms with Crippen LogP contribution in [0.2, 0.25) is 0 Å². The molecule has 3 rings (SSSR count). The van der Waals surface area contributed by atoms with Crippen molar-refractivity contribution in [1.29, 1.82) is 0 Å². The zero-order valence-corrected chi connectivity index (χ0v) is 16.2. The number of benzene rings is 2. The Bertz CT molecular complexity index is 1060. The molecule has 0 spiro atoms. The Balaban J connectivity index is 1.83. The molecule has 150 valence electrons. The molecular weight excluding hydrogens is 372 g/mol. The van der Waals surface area contributed by atoms with Crippen molar-refractivity contribution in [1.82, 2.24) is 9.55 Å². The number of nitrogens with zero attached hydrogens (tertiary/aromatic N) is 2. The van der Waals surface area contributed by atoms with Crippen LogP contribution in [0.1, 0.15) is 34.9 Å². The molecule has 0 saturated heterocycles. The summed E-state index contributed by atoms with van der Waals surface area (Å²) in [7, 11) is 0. The van der Waals surface area contributed by atoms with Crippen LogP contribution in [-0.2, 0) is 11.3 Å². The number of carbonyl (C=O) groups is 1. The van der Waals surface area contributed by atoms with Gasteiger partial charge in [0, 0.05) is 0 Å². The lowest BCUT2D eigenvalue weighted by Gasteiger charge is -2.16. The quantitative estimate of drug-likeness (QED) is 0.624. The number of aliphatic hydroxyl groups excluding tert-OH is 1. The van der Waals surface area contributed by atoms with E-state index in [0.29, 0.717) is 5.56 Å². The van der Waals surface area contributed by atoms with Gasteiger partial charge in [-0.05, 0) is 30.5 Å². The molecule has 0 aliphatic rings. The molecule has 1 heterocycles. The molecule has 7 nitrogen and oxygen atoms in total. The summed E-state index contributed by atoms with van der Waals surface area (Å²) in [6.07, 6.45) is -0.995. The molecule has 0 amide bonds. The van der Waals surface area contributed by atoms with E-state index in [1.165, 1.54) is 6.92 Å². The van der Waals surface area contributed by atoms with Crippen LogP contribution < -0.4 is 5.56 Å². The van der Waals surface area contributed by atoms with E-state index in [0.717, 1.165) is 15.7 Å². The molecule has 0 bridgehead atoms. The molecule has 7 heteroatoms. The number of aliphatic hydroxyl groups is 1. The van der Waals surface area contributed by atoms with Crippen molar-refractivity contribution in [2.75, 3.05) is 6.61 Å². The smallest absolute Gasteiger partial charge is 0.361 e. The first kappa shape index (κ1) is 20.3. The molecule has 2 aromatic carbocycles. The molecule has 2 N–H and O–H groups in total. The zero-order valence-electron chi connectivity index (χ0n) is 16.2. The third-order valence-corrected chi connectivity index (χ3v) is 4.56. The van der Waals surface area contributed by atoms with Gasteiger partial charge < -0.3 is 14.9 Å². The third kappa shape index (κ3) is 4.35. The molecule has 1 unspecified atom stereocenters. The van der Waals surface area contributed by atoms with Crippen molar-refractivity contribution in [3.8, 4) is 16.9 Å².